The van der Waals surface area contributed by atoms with Gasteiger partial charge in [0.05, 0.1) is 15.2 Å². The summed E-state index contributed by atoms with van der Waals surface area (Å²) in [6, 6.07) is 14.5. The summed E-state index contributed by atoms with van der Waals surface area (Å²) in [4.78, 5) is 4.70. The van der Waals surface area contributed by atoms with Gasteiger partial charge in [0, 0.05) is 12.1 Å². The lowest BCUT2D eigenvalue weighted by atomic mass is 10.1. The number of hydrogen-bond donors (Lipinski definition) is 1. The number of para-hydroxylation sites is 1. The Hall–Kier alpha value is -1.87. The normalized spacial score (nSPS) is 11.0. The first-order valence-electron chi connectivity index (χ1n) is 6.42. The van der Waals surface area contributed by atoms with Gasteiger partial charge in [-0.15, -0.1) is 11.3 Å². The number of anilines is 1. The number of hydrogen-bond acceptors (Lipinski definition) is 3. The predicted molar refractivity (Wildman–Crippen MR) is 82.6 cm³/mol. The van der Waals surface area contributed by atoms with Gasteiger partial charge in [0.1, 0.15) is 0 Å². The van der Waals surface area contributed by atoms with Crippen LogP contribution in [0.15, 0.2) is 42.5 Å². The summed E-state index contributed by atoms with van der Waals surface area (Å²) in [5.74, 6) is 0. The van der Waals surface area contributed by atoms with E-state index in [0.717, 1.165) is 24.0 Å². The molecule has 0 aliphatic carbocycles. The van der Waals surface area contributed by atoms with Crippen LogP contribution >= 0.6 is 11.3 Å². The maximum Gasteiger partial charge on any atom is 0.0941 e. The van der Waals surface area contributed by atoms with Crippen molar-refractivity contribution in [3.8, 4) is 0 Å². The Kier molecular flexibility index (Phi) is 3.22. The monoisotopic (exact) mass is 268 g/mol. The summed E-state index contributed by atoms with van der Waals surface area (Å²) in [6.45, 7) is 2.10. The molecule has 2 aromatic carbocycles. The lowest BCUT2D eigenvalue weighted by molar-refractivity contribution is 0.951. The van der Waals surface area contributed by atoms with Crippen LogP contribution in [0.25, 0.3) is 10.2 Å². The molecule has 2 nitrogen and oxygen atoms in total. The van der Waals surface area contributed by atoms with E-state index in [9.17, 15) is 0 Å². The van der Waals surface area contributed by atoms with Crippen molar-refractivity contribution in [3.63, 3.8) is 0 Å². The van der Waals surface area contributed by atoms with Gasteiger partial charge in [-0.3, -0.25) is 0 Å². The van der Waals surface area contributed by atoms with Gasteiger partial charge >= 0.3 is 0 Å². The third-order valence-electron chi connectivity index (χ3n) is 3.25. The minimum atomic E-state index is 0.874. The van der Waals surface area contributed by atoms with E-state index in [4.69, 9.17) is 10.7 Å². The summed E-state index contributed by atoms with van der Waals surface area (Å²) in [5, 5.41) is 1.18. The summed E-state index contributed by atoms with van der Waals surface area (Å²) >= 11 is 1.78. The lowest BCUT2D eigenvalue weighted by Crippen LogP contribution is -1.96. The molecule has 0 unspecified atom stereocenters. The molecule has 0 saturated carbocycles. The number of aryl methyl sites for hydroxylation is 3. The van der Waals surface area contributed by atoms with Crippen LogP contribution in [0.2, 0.25) is 0 Å². The number of nitrogen functional groups attached to an aromatic ring is 1. The molecule has 3 rings (SSSR count). The zero-order chi connectivity index (χ0) is 13.2. The lowest BCUT2D eigenvalue weighted by Gasteiger charge is -2.02. The van der Waals surface area contributed by atoms with E-state index in [-0.39, 0.29) is 0 Å². The molecule has 0 spiro atoms. The standard InChI is InChI=1S/C16H16N2S/c1-11-6-8-15-14(10-11)18-16(19-15)9-7-12-4-2-3-5-13(12)17/h2-6,8,10H,7,9,17H2,1H3. The number of nitrogens with zero attached hydrogens (tertiary/aromatic N) is 1. The smallest absolute Gasteiger partial charge is 0.0941 e. The van der Waals surface area contributed by atoms with Crippen LogP contribution in [0.3, 0.4) is 0 Å². The number of fused-ring (bicyclic) bond motifs is 1. The van der Waals surface area contributed by atoms with Gasteiger partial charge in [0.25, 0.3) is 0 Å². The fraction of sp³-hybridized carbons (Fsp3) is 0.188. The SMILES string of the molecule is Cc1ccc2sc(CCc3ccccc3N)nc2c1. The van der Waals surface area contributed by atoms with Crippen LogP contribution < -0.4 is 5.73 Å². The second-order valence-corrected chi connectivity index (χ2v) is 5.89. The zero-order valence-corrected chi connectivity index (χ0v) is 11.7. The molecular weight excluding hydrogens is 252 g/mol. The van der Waals surface area contributed by atoms with Crippen LogP contribution in [0, 0.1) is 6.92 Å². The van der Waals surface area contributed by atoms with Gasteiger partial charge in [-0.25, -0.2) is 4.98 Å². The third kappa shape index (κ3) is 2.61. The molecule has 1 aromatic heterocycles. The molecule has 0 radical (unpaired) electrons. The molecule has 96 valence electrons. The quantitative estimate of drug-likeness (QED) is 0.730. The van der Waals surface area contributed by atoms with Crippen LogP contribution in [0.5, 0.6) is 0 Å². The minimum Gasteiger partial charge on any atom is -0.399 e. The molecular formula is C16H16N2S. The topological polar surface area (TPSA) is 38.9 Å². The molecule has 3 heteroatoms. The van der Waals surface area contributed by atoms with Crippen LogP contribution in [0.1, 0.15) is 16.1 Å². The zero-order valence-electron chi connectivity index (χ0n) is 10.9. The number of nitrogens with two attached hydrogens (primary N) is 1. The average molecular weight is 268 g/mol. The number of benzene rings is 2. The Balaban J connectivity index is 1.80. The Labute approximate surface area is 116 Å². The number of thiazole rings is 1. The molecule has 0 fully saturated rings. The second kappa shape index (κ2) is 5.02. The van der Waals surface area contributed by atoms with Crippen molar-refractivity contribution in [1.82, 2.24) is 4.98 Å². The first-order chi connectivity index (χ1) is 9.22. The Morgan fingerprint density at radius 2 is 1.95 bits per heavy atom. The van der Waals surface area contributed by atoms with Crippen molar-refractivity contribution < 1.29 is 0 Å². The van der Waals surface area contributed by atoms with Gasteiger partial charge in [0.2, 0.25) is 0 Å². The third-order valence-corrected chi connectivity index (χ3v) is 4.35. The molecule has 0 aliphatic rings. The molecule has 1 heterocycles. The van der Waals surface area contributed by atoms with Crippen LogP contribution in [0.4, 0.5) is 5.69 Å². The largest absolute Gasteiger partial charge is 0.399 e. The highest BCUT2D eigenvalue weighted by atomic mass is 32.1. The van der Waals surface area contributed by atoms with Gasteiger partial charge < -0.3 is 5.73 Å². The Morgan fingerprint density at radius 1 is 1.11 bits per heavy atom. The highest BCUT2D eigenvalue weighted by molar-refractivity contribution is 7.18. The van der Waals surface area contributed by atoms with Crippen LogP contribution in [-0.2, 0) is 12.8 Å². The molecule has 3 aromatic rings. The molecule has 0 amide bonds. The van der Waals surface area contributed by atoms with Crippen molar-refractivity contribution >= 4 is 27.2 Å². The van der Waals surface area contributed by atoms with Crippen molar-refractivity contribution in [3.05, 3.63) is 58.6 Å². The summed E-state index contributed by atoms with van der Waals surface area (Å²) in [5.41, 5.74) is 10.4. The minimum absolute atomic E-state index is 0.874. The first-order valence-corrected chi connectivity index (χ1v) is 7.23. The average Bonchev–Trinajstić information content (AvgIpc) is 2.79. The van der Waals surface area contributed by atoms with E-state index in [1.807, 2.05) is 18.2 Å². The van der Waals surface area contributed by atoms with Crippen molar-refractivity contribution in [2.75, 3.05) is 5.73 Å². The predicted octanol–water partition coefficient (Wildman–Crippen LogP) is 3.97. The molecule has 0 saturated heterocycles. The molecule has 0 atom stereocenters. The summed E-state index contributed by atoms with van der Waals surface area (Å²) < 4.78 is 1.27. The van der Waals surface area contributed by atoms with E-state index >= 15 is 0 Å². The van der Waals surface area contributed by atoms with Gasteiger partial charge in [-0.1, -0.05) is 24.3 Å². The highest BCUT2D eigenvalue weighted by Gasteiger charge is 2.05. The number of rotatable bonds is 3. The van der Waals surface area contributed by atoms with E-state index in [1.54, 1.807) is 11.3 Å². The Bertz CT molecular complexity index is 716. The fourth-order valence-corrected chi connectivity index (χ4v) is 3.14. The van der Waals surface area contributed by atoms with Crippen molar-refractivity contribution in [2.45, 2.75) is 19.8 Å². The molecule has 19 heavy (non-hydrogen) atoms. The first kappa shape index (κ1) is 12.2. The highest BCUT2D eigenvalue weighted by Crippen LogP contribution is 2.24. The summed E-state index contributed by atoms with van der Waals surface area (Å²) in [6.07, 6.45) is 1.90. The van der Waals surface area contributed by atoms with Crippen molar-refractivity contribution in [2.24, 2.45) is 0 Å². The molecule has 2 N–H and O–H groups in total. The maximum absolute atomic E-state index is 5.96. The molecule has 0 aliphatic heterocycles. The van der Waals surface area contributed by atoms with E-state index in [1.165, 1.54) is 20.8 Å². The van der Waals surface area contributed by atoms with Gasteiger partial charge in [-0.05, 0) is 42.7 Å². The molecule has 0 bridgehead atoms. The second-order valence-electron chi connectivity index (χ2n) is 4.78. The summed E-state index contributed by atoms with van der Waals surface area (Å²) in [7, 11) is 0. The van der Waals surface area contributed by atoms with Crippen molar-refractivity contribution in [1.29, 1.82) is 0 Å². The van der Waals surface area contributed by atoms with E-state index < -0.39 is 0 Å². The maximum atomic E-state index is 5.96. The van der Waals surface area contributed by atoms with Crippen LogP contribution in [-0.4, -0.2) is 4.98 Å². The van der Waals surface area contributed by atoms with E-state index in [0.29, 0.717) is 0 Å². The fourth-order valence-electron chi connectivity index (χ4n) is 2.20. The number of aromatic nitrogens is 1. The Morgan fingerprint density at radius 3 is 2.79 bits per heavy atom. The van der Waals surface area contributed by atoms with E-state index in [2.05, 4.69) is 31.2 Å². The van der Waals surface area contributed by atoms with Gasteiger partial charge in [-0.2, -0.15) is 0 Å². The van der Waals surface area contributed by atoms with Gasteiger partial charge in [0.15, 0.2) is 0 Å².